The van der Waals surface area contributed by atoms with Gasteiger partial charge in [0.15, 0.2) is 0 Å². The molecular formula is C12H16N2O4. The van der Waals surface area contributed by atoms with Crippen LogP contribution in [-0.4, -0.2) is 41.0 Å². The van der Waals surface area contributed by atoms with Gasteiger partial charge in [-0.25, -0.2) is 0 Å². The van der Waals surface area contributed by atoms with Crippen molar-refractivity contribution in [1.82, 2.24) is 4.90 Å². The Morgan fingerprint density at radius 1 is 1.50 bits per heavy atom. The highest BCUT2D eigenvalue weighted by Gasteiger charge is 2.24. The summed E-state index contributed by atoms with van der Waals surface area (Å²) in [6.45, 7) is 2.01. The number of carbonyl (C=O) groups excluding carboxylic acids is 1. The van der Waals surface area contributed by atoms with Crippen LogP contribution in [0.4, 0.5) is 5.69 Å². The fourth-order valence-electron chi connectivity index (χ4n) is 1.68. The number of aryl methyl sites for hydroxylation is 1. The minimum absolute atomic E-state index is 0.0204. The summed E-state index contributed by atoms with van der Waals surface area (Å²) in [5.41, 5.74) is 0.504. The van der Waals surface area contributed by atoms with Crippen LogP contribution in [0.3, 0.4) is 0 Å². The van der Waals surface area contributed by atoms with Gasteiger partial charge in [-0.05, 0) is 18.9 Å². The highest BCUT2D eigenvalue weighted by atomic mass is 16.6. The van der Waals surface area contributed by atoms with Crippen molar-refractivity contribution < 1.29 is 14.8 Å². The smallest absolute Gasteiger partial charge is 0.282 e. The van der Waals surface area contributed by atoms with Gasteiger partial charge in [0.25, 0.3) is 11.6 Å². The van der Waals surface area contributed by atoms with E-state index < -0.39 is 10.8 Å². The van der Waals surface area contributed by atoms with Crippen molar-refractivity contribution >= 4 is 11.6 Å². The highest BCUT2D eigenvalue weighted by molar-refractivity contribution is 5.99. The Bertz CT molecular complexity index is 459. The minimum Gasteiger partial charge on any atom is -0.396 e. The van der Waals surface area contributed by atoms with Gasteiger partial charge in [-0.2, -0.15) is 0 Å². The van der Waals surface area contributed by atoms with E-state index in [1.165, 1.54) is 11.0 Å². The summed E-state index contributed by atoms with van der Waals surface area (Å²) in [4.78, 5) is 23.9. The predicted molar refractivity (Wildman–Crippen MR) is 66.5 cm³/mol. The van der Waals surface area contributed by atoms with Crippen LogP contribution in [0.5, 0.6) is 0 Å². The van der Waals surface area contributed by atoms with Gasteiger partial charge in [-0.3, -0.25) is 14.9 Å². The summed E-state index contributed by atoms with van der Waals surface area (Å²) in [6.07, 6.45) is 0.446. The minimum atomic E-state index is -0.555. The van der Waals surface area contributed by atoms with Crippen LogP contribution in [0.15, 0.2) is 18.2 Å². The third-order valence-corrected chi connectivity index (χ3v) is 2.66. The molecule has 0 atom stereocenters. The van der Waals surface area contributed by atoms with E-state index in [1.807, 2.05) is 0 Å². The van der Waals surface area contributed by atoms with Crippen LogP contribution in [0.1, 0.15) is 22.3 Å². The van der Waals surface area contributed by atoms with Crippen LogP contribution in [0, 0.1) is 17.0 Å². The number of nitrogens with zero attached hydrogens (tertiary/aromatic N) is 2. The molecule has 0 aliphatic carbocycles. The van der Waals surface area contributed by atoms with Crippen molar-refractivity contribution in [1.29, 1.82) is 0 Å². The molecule has 0 spiro atoms. The summed E-state index contributed by atoms with van der Waals surface area (Å²) < 4.78 is 0. The molecule has 0 aliphatic heterocycles. The van der Waals surface area contributed by atoms with Crippen LogP contribution < -0.4 is 0 Å². The predicted octanol–water partition coefficient (Wildman–Crippen LogP) is 1.36. The molecule has 0 fully saturated rings. The van der Waals surface area contributed by atoms with E-state index in [0.717, 1.165) is 0 Å². The number of rotatable bonds is 5. The first-order valence-electron chi connectivity index (χ1n) is 5.59. The average molecular weight is 252 g/mol. The standard InChI is InChI=1S/C12H16N2O4/c1-9-5-3-6-10(14(17)18)11(9)12(16)13(2)7-4-8-15/h3,5-6,15H,4,7-8H2,1-2H3. The van der Waals surface area contributed by atoms with E-state index in [9.17, 15) is 14.9 Å². The molecule has 1 rings (SSSR count). The van der Waals surface area contributed by atoms with Gasteiger partial charge in [-0.1, -0.05) is 12.1 Å². The fraction of sp³-hybridized carbons (Fsp3) is 0.417. The molecule has 0 saturated carbocycles. The highest BCUT2D eigenvalue weighted by Crippen LogP contribution is 2.23. The van der Waals surface area contributed by atoms with Gasteiger partial charge in [0, 0.05) is 26.3 Å². The largest absolute Gasteiger partial charge is 0.396 e. The van der Waals surface area contributed by atoms with E-state index in [2.05, 4.69) is 0 Å². The summed E-state index contributed by atoms with van der Waals surface area (Å²) in [7, 11) is 1.56. The molecule has 98 valence electrons. The fourth-order valence-corrected chi connectivity index (χ4v) is 1.68. The second kappa shape index (κ2) is 6.11. The molecule has 6 nitrogen and oxygen atoms in total. The Morgan fingerprint density at radius 2 is 2.17 bits per heavy atom. The third kappa shape index (κ3) is 3.04. The van der Waals surface area contributed by atoms with Crippen molar-refractivity contribution in [2.24, 2.45) is 0 Å². The third-order valence-electron chi connectivity index (χ3n) is 2.66. The lowest BCUT2D eigenvalue weighted by molar-refractivity contribution is -0.385. The number of hydrogen-bond donors (Lipinski definition) is 1. The van der Waals surface area contributed by atoms with E-state index in [0.29, 0.717) is 18.5 Å². The summed E-state index contributed by atoms with van der Waals surface area (Å²) in [5.74, 6) is -0.395. The first-order valence-corrected chi connectivity index (χ1v) is 5.59. The van der Waals surface area contributed by atoms with Gasteiger partial charge < -0.3 is 10.0 Å². The number of aliphatic hydroxyl groups excluding tert-OH is 1. The normalized spacial score (nSPS) is 10.2. The number of nitro groups is 1. The van der Waals surface area contributed by atoms with Gasteiger partial charge in [-0.15, -0.1) is 0 Å². The lowest BCUT2D eigenvalue weighted by Crippen LogP contribution is -2.29. The zero-order valence-electron chi connectivity index (χ0n) is 10.4. The van der Waals surface area contributed by atoms with Crippen LogP contribution in [0.2, 0.25) is 0 Å². The summed E-state index contributed by atoms with van der Waals surface area (Å²) in [6, 6.07) is 4.54. The molecular weight excluding hydrogens is 236 g/mol. The molecule has 1 aromatic rings. The Kier molecular flexibility index (Phi) is 4.79. The second-order valence-corrected chi connectivity index (χ2v) is 4.03. The molecule has 0 saturated heterocycles. The SMILES string of the molecule is Cc1cccc([N+](=O)[O-])c1C(=O)N(C)CCCO. The molecule has 18 heavy (non-hydrogen) atoms. The Labute approximate surface area is 105 Å². The van der Waals surface area contributed by atoms with Crippen molar-refractivity contribution in [3.63, 3.8) is 0 Å². The zero-order valence-corrected chi connectivity index (χ0v) is 10.4. The molecule has 0 bridgehead atoms. The van der Waals surface area contributed by atoms with Crippen LogP contribution >= 0.6 is 0 Å². The molecule has 0 aromatic heterocycles. The number of amides is 1. The molecule has 1 aromatic carbocycles. The number of nitro benzene ring substituents is 1. The first-order chi connectivity index (χ1) is 8.49. The maximum Gasteiger partial charge on any atom is 0.282 e. The van der Waals surface area contributed by atoms with Crippen molar-refractivity contribution in [3.8, 4) is 0 Å². The van der Waals surface area contributed by atoms with Crippen molar-refractivity contribution in [2.45, 2.75) is 13.3 Å². The van der Waals surface area contributed by atoms with Crippen molar-refractivity contribution in [3.05, 3.63) is 39.4 Å². The van der Waals surface area contributed by atoms with Crippen LogP contribution in [0.25, 0.3) is 0 Å². The molecule has 1 amide bonds. The number of carbonyl (C=O) groups is 1. The molecule has 0 aliphatic rings. The number of aliphatic hydroxyl groups is 1. The molecule has 1 N–H and O–H groups in total. The molecule has 6 heteroatoms. The maximum atomic E-state index is 12.1. The Balaban J connectivity index is 3.08. The Morgan fingerprint density at radius 3 is 2.72 bits per heavy atom. The average Bonchev–Trinajstić information content (AvgIpc) is 2.34. The number of hydrogen-bond acceptors (Lipinski definition) is 4. The van der Waals surface area contributed by atoms with Crippen LogP contribution in [-0.2, 0) is 0 Å². The van der Waals surface area contributed by atoms with Crippen molar-refractivity contribution in [2.75, 3.05) is 20.2 Å². The summed E-state index contributed by atoms with van der Waals surface area (Å²) >= 11 is 0. The molecule has 0 unspecified atom stereocenters. The number of benzene rings is 1. The Hall–Kier alpha value is -1.95. The first kappa shape index (κ1) is 14.1. The zero-order chi connectivity index (χ0) is 13.7. The molecule has 0 radical (unpaired) electrons. The second-order valence-electron chi connectivity index (χ2n) is 4.03. The monoisotopic (exact) mass is 252 g/mol. The van der Waals surface area contributed by atoms with E-state index in [4.69, 9.17) is 5.11 Å². The maximum absolute atomic E-state index is 12.1. The van der Waals surface area contributed by atoms with Gasteiger partial charge in [0.2, 0.25) is 0 Å². The van der Waals surface area contributed by atoms with Gasteiger partial charge in [0.1, 0.15) is 5.56 Å². The van der Waals surface area contributed by atoms with E-state index in [-0.39, 0.29) is 17.9 Å². The van der Waals surface area contributed by atoms with Gasteiger partial charge >= 0.3 is 0 Å². The quantitative estimate of drug-likeness (QED) is 0.633. The summed E-state index contributed by atoms with van der Waals surface area (Å²) in [5, 5.41) is 19.6. The molecule has 0 heterocycles. The van der Waals surface area contributed by atoms with Gasteiger partial charge in [0.05, 0.1) is 4.92 Å². The topological polar surface area (TPSA) is 83.7 Å². The van der Waals surface area contributed by atoms with E-state index in [1.54, 1.807) is 26.1 Å². The lowest BCUT2D eigenvalue weighted by atomic mass is 10.1. The lowest BCUT2D eigenvalue weighted by Gasteiger charge is -2.17. The van der Waals surface area contributed by atoms with E-state index >= 15 is 0 Å².